The predicted molar refractivity (Wildman–Crippen MR) is 150 cm³/mol. The molecule has 2 N–H and O–H groups in total. The number of aromatic amines is 1. The molecule has 2 aliphatic carbocycles. The highest BCUT2D eigenvalue weighted by atomic mass is 32.2. The van der Waals surface area contributed by atoms with Gasteiger partial charge in [0.25, 0.3) is 0 Å². The van der Waals surface area contributed by atoms with Gasteiger partial charge in [0.15, 0.2) is 15.5 Å². The van der Waals surface area contributed by atoms with Crippen molar-refractivity contribution < 1.29 is 29.0 Å². The fourth-order valence-electron chi connectivity index (χ4n) is 7.31. The summed E-state index contributed by atoms with van der Waals surface area (Å²) in [5.41, 5.74) is 1.10. The third kappa shape index (κ3) is 4.41. The van der Waals surface area contributed by atoms with E-state index in [1.807, 2.05) is 6.07 Å². The maximum atomic E-state index is 13.6. The highest BCUT2D eigenvalue weighted by Crippen LogP contribution is 2.69. The molecule has 0 radical (unpaired) electrons. The van der Waals surface area contributed by atoms with E-state index < -0.39 is 5.97 Å². The van der Waals surface area contributed by atoms with E-state index in [1.165, 1.54) is 9.78 Å². The Morgan fingerprint density at radius 2 is 1.95 bits per heavy atom. The van der Waals surface area contributed by atoms with Crippen molar-refractivity contribution in [3.8, 4) is 11.5 Å². The molecular formula is C28H32N2O6S3. The van der Waals surface area contributed by atoms with Gasteiger partial charge in [0.2, 0.25) is 11.8 Å². The molecule has 3 heterocycles. The van der Waals surface area contributed by atoms with E-state index in [9.17, 15) is 14.4 Å². The largest absolute Gasteiger partial charge is 0.493 e. The van der Waals surface area contributed by atoms with Gasteiger partial charge < -0.3 is 19.6 Å². The van der Waals surface area contributed by atoms with Crippen LogP contribution in [0.4, 0.5) is 0 Å². The first-order valence-corrected chi connectivity index (χ1v) is 15.6. The summed E-state index contributed by atoms with van der Waals surface area (Å²) in [6.45, 7) is 4.98. The van der Waals surface area contributed by atoms with Crippen LogP contribution in [0.25, 0.3) is 0 Å². The van der Waals surface area contributed by atoms with E-state index in [0.717, 1.165) is 21.0 Å². The Kier molecular flexibility index (Phi) is 7.04. The Morgan fingerprint density at radius 1 is 1.21 bits per heavy atom. The van der Waals surface area contributed by atoms with Crippen LogP contribution in [0.15, 0.2) is 23.2 Å². The molecule has 0 spiro atoms. The SMILES string of the molecule is COc1cc(C2c3sc(=S)[nH]c3SC3C4CC(C5C(=O)N(CCCC(=O)O)C(=O)C45)C23)ccc1OCC(C)C. The number of carboxylic acid groups (broad SMARTS) is 1. The van der Waals surface area contributed by atoms with Crippen molar-refractivity contribution in [1.29, 1.82) is 0 Å². The molecule has 7 unspecified atom stereocenters. The molecule has 8 nitrogen and oxygen atoms in total. The number of fused-ring (bicyclic) bond motifs is 9. The number of aliphatic carboxylic acids is 1. The number of H-pyrrole nitrogens is 1. The van der Waals surface area contributed by atoms with Gasteiger partial charge in [0.05, 0.1) is 30.6 Å². The zero-order chi connectivity index (χ0) is 27.6. The second-order valence-corrected chi connectivity index (χ2v) is 14.3. The number of methoxy groups -OCH3 is 1. The Hall–Kier alpha value is -2.37. The van der Waals surface area contributed by atoms with Gasteiger partial charge in [0.1, 0.15) is 0 Å². The molecule has 1 aromatic heterocycles. The summed E-state index contributed by atoms with van der Waals surface area (Å²) in [4.78, 5) is 44.0. The zero-order valence-electron chi connectivity index (χ0n) is 22.0. The fraction of sp³-hybridized carbons (Fsp3) is 0.571. The van der Waals surface area contributed by atoms with Crippen LogP contribution in [0.2, 0.25) is 0 Å². The maximum absolute atomic E-state index is 13.6. The number of ether oxygens (including phenoxy) is 2. The number of thioether (sulfide) groups is 1. The van der Waals surface area contributed by atoms with E-state index in [-0.39, 0.29) is 72.0 Å². The number of likely N-dealkylation sites (tertiary alicyclic amines) is 1. The minimum atomic E-state index is -0.917. The lowest BCUT2D eigenvalue weighted by Crippen LogP contribution is -2.42. The quantitative estimate of drug-likeness (QED) is 0.305. The number of benzene rings is 1. The van der Waals surface area contributed by atoms with E-state index in [0.29, 0.717) is 24.0 Å². The van der Waals surface area contributed by atoms with Crippen LogP contribution in [-0.2, 0) is 14.4 Å². The number of hydrogen-bond acceptors (Lipinski definition) is 8. The number of nitrogens with zero attached hydrogens (tertiary/aromatic N) is 1. The van der Waals surface area contributed by atoms with Crippen LogP contribution >= 0.6 is 35.3 Å². The number of thiazole rings is 1. The number of imide groups is 1. The first kappa shape index (κ1) is 26.8. The molecule has 7 atom stereocenters. The molecule has 2 amide bonds. The summed E-state index contributed by atoms with van der Waals surface area (Å²) in [5.74, 6) is 0.364. The first-order chi connectivity index (χ1) is 18.7. The Morgan fingerprint density at radius 3 is 2.64 bits per heavy atom. The summed E-state index contributed by atoms with van der Waals surface area (Å²) in [5, 5.41) is 10.3. The topological polar surface area (TPSA) is 109 Å². The van der Waals surface area contributed by atoms with Gasteiger partial charge in [-0.2, -0.15) is 0 Å². The Balaban J connectivity index is 1.35. The van der Waals surface area contributed by atoms with Gasteiger partial charge in [-0.1, -0.05) is 19.9 Å². The monoisotopic (exact) mass is 588 g/mol. The number of carbonyl (C=O) groups is 3. The Labute approximate surface area is 240 Å². The smallest absolute Gasteiger partial charge is 0.303 e. The number of hydrogen-bond donors (Lipinski definition) is 2. The van der Waals surface area contributed by atoms with Crippen molar-refractivity contribution >= 4 is 53.1 Å². The second kappa shape index (κ2) is 10.2. The first-order valence-electron chi connectivity index (χ1n) is 13.5. The number of carbonyl (C=O) groups excluding carboxylic acids is 2. The van der Waals surface area contributed by atoms with Crippen molar-refractivity contribution in [3.05, 3.63) is 32.6 Å². The van der Waals surface area contributed by atoms with Gasteiger partial charge in [-0.05, 0) is 66.4 Å². The number of aromatic nitrogens is 1. The van der Waals surface area contributed by atoms with Crippen molar-refractivity contribution in [2.75, 3.05) is 20.3 Å². The van der Waals surface area contributed by atoms with Crippen LogP contribution in [-0.4, -0.2) is 58.3 Å². The lowest BCUT2D eigenvalue weighted by Gasteiger charge is -2.43. The summed E-state index contributed by atoms with van der Waals surface area (Å²) in [6.07, 6.45) is 1.09. The van der Waals surface area contributed by atoms with Gasteiger partial charge in [-0.25, -0.2) is 0 Å². The molecule has 6 rings (SSSR count). The molecular weight excluding hydrogens is 557 g/mol. The van der Waals surface area contributed by atoms with E-state index >= 15 is 0 Å². The van der Waals surface area contributed by atoms with Crippen molar-refractivity contribution in [3.63, 3.8) is 0 Å². The van der Waals surface area contributed by atoms with Crippen molar-refractivity contribution in [2.45, 2.75) is 49.3 Å². The van der Waals surface area contributed by atoms with Crippen molar-refractivity contribution in [1.82, 2.24) is 9.88 Å². The average molecular weight is 589 g/mol. The molecule has 208 valence electrons. The molecule has 2 aliphatic heterocycles. The van der Waals surface area contributed by atoms with Crippen LogP contribution in [0.1, 0.15) is 49.5 Å². The third-order valence-corrected chi connectivity index (χ3v) is 11.6. The standard InChI is InChI=1S/C28H32N2O6S3/c1-12(2)11-36-16-7-6-13(9-17(16)35-3)19-20-14-10-15(23(20)38-25-24(19)39-28(37)29-25)22-21(14)26(33)30(27(22)34)8-4-5-18(31)32/h6-7,9,12,14-15,19-23H,4-5,8,10-11H2,1-3H3,(H,29,37)(H,31,32). The molecule has 4 aliphatic rings. The number of nitrogens with one attached hydrogen (secondary N) is 1. The second-order valence-electron chi connectivity index (χ2n) is 11.4. The average Bonchev–Trinajstić information content (AvgIpc) is 3.62. The number of carboxylic acids is 1. The fourth-order valence-corrected chi connectivity index (χ4v) is 10.6. The van der Waals surface area contributed by atoms with E-state index in [2.05, 4.69) is 31.0 Å². The van der Waals surface area contributed by atoms with Gasteiger partial charge in [0, 0.05) is 29.0 Å². The van der Waals surface area contributed by atoms with E-state index in [1.54, 1.807) is 30.2 Å². The molecule has 11 heteroatoms. The molecule has 2 aromatic rings. The van der Waals surface area contributed by atoms with Gasteiger partial charge in [-0.3, -0.25) is 19.3 Å². The summed E-state index contributed by atoms with van der Waals surface area (Å²) in [7, 11) is 1.65. The molecule has 1 saturated heterocycles. The van der Waals surface area contributed by atoms with Crippen LogP contribution < -0.4 is 9.47 Å². The molecule has 2 saturated carbocycles. The normalized spacial score (nSPS) is 30.5. The van der Waals surface area contributed by atoms with Gasteiger partial charge in [-0.15, -0.1) is 23.1 Å². The van der Waals surface area contributed by atoms with E-state index in [4.69, 9.17) is 26.8 Å². The molecule has 39 heavy (non-hydrogen) atoms. The van der Waals surface area contributed by atoms with Gasteiger partial charge >= 0.3 is 5.97 Å². The van der Waals surface area contributed by atoms with Crippen molar-refractivity contribution in [2.24, 2.45) is 35.5 Å². The summed E-state index contributed by atoms with van der Waals surface area (Å²) in [6, 6.07) is 6.14. The molecule has 1 aromatic carbocycles. The van der Waals surface area contributed by atoms with Crippen LogP contribution in [0.3, 0.4) is 0 Å². The lowest BCUT2D eigenvalue weighted by molar-refractivity contribution is -0.142. The minimum absolute atomic E-state index is 0.0251. The minimum Gasteiger partial charge on any atom is -0.493 e. The highest BCUT2D eigenvalue weighted by molar-refractivity contribution is 8.00. The molecule has 2 bridgehead atoms. The van der Waals surface area contributed by atoms with Crippen LogP contribution in [0.5, 0.6) is 11.5 Å². The lowest BCUT2D eigenvalue weighted by atomic mass is 9.68. The highest BCUT2D eigenvalue weighted by Gasteiger charge is 2.69. The number of rotatable bonds is 9. The summed E-state index contributed by atoms with van der Waals surface area (Å²) < 4.78 is 12.5. The number of amides is 2. The zero-order valence-corrected chi connectivity index (χ0v) is 24.5. The Bertz CT molecular complexity index is 1390. The molecule has 3 fully saturated rings. The van der Waals surface area contributed by atoms with Crippen LogP contribution in [0, 0.1) is 39.5 Å². The summed E-state index contributed by atoms with van der Waals surface area (Å²) >= 11 is 8.93. The third-order valence-electron chi connectivity index (χ3n) is 8.71. The predicted octanol–water partition coefficient (Wildman–Crippen LogP) is 5.19. The maximum Gasteiger partial charge on any atom is 0.303 e.